The van der Waals surface area contributed by atoms with Gasteiger partial charge in [0.05, 0.1) is 26.2 Å². The van der Waals surface area contributed by atoms with Gasteiger partial charge in [-0.1, -0.05) is 13.0 Å². The van der Waals surface area contributed by atoms with E-state index in [0.29, 0.717) is 19.0 Å². The van der Waals surface area contributed by atoms with Gasteiger partial charge < -0.3 is 14.6 Å². The molecule has 1 aromatic heterocycles. The van der Waals surface area contributed by atoms with E-state index >= 15 is 0 Å². The number of rotatable bonds is 7. The van der Waals surface area contributed by atoms with Crippen LogP contribution in [0.5, 0.6) is 5.88 Å². The average Bonchev–Trinajstić information content (AvgIpc) is 2.97. The smallest absolute Gasteiger partial charge is 0.310 e. The molecule has 2 atom stereocenters. The van der Waals surface area contributed by atoms with Gasteiger partial charge in [-0.05, 0) is 19.0 Å². The number of carbonyl (C=O) groups is 1. The Kier molecular flexibility index (Phi) is 5.52. The summed E-state index contributed by atoms with van der Waals surface area (Å²) in [6.07, 6.45) is 2.64. The minimum atomic E-state index is -0.795. The summed E-state index contributed by atoms with van der Waals surface area (Å²) in [5.74, 6) is -0.680. The molecule has 2 unspecified atom stereocenters. The average molecular weight is 294 g/mol. The van der Waals surface area contributed by atoms with Crippen LogP contribution >= 0.6 is 0 Å². The Bertz CT molecular complexity index is 480. The van der Waals surface area contributed by atoms with Crippen LogP contribution in [0.2, 0.25) is 0 Å². The molecule has 0 amide bonds. The van der Waals surface area contributed by atoms with E-state index in [2.05, 4.69) is 16.8 Å². The SMILES string of the molecule is CCCN(Cc1cccnc1OC)C1COCC1C(=O)O. The van der Waals surface area contributed by atoms with E-state index in [1.54, 1.807) is 13.3 Å². The third kappa shape index (κ3) is 3.71. The first-order valence-corrected chi connectivity index (χ1v) is 7.19. The summed E-state index contributed by atoms with van der Waals surface area (Å²) in [5, 5.41) is 9.32. The number of hydrogen-bond acceptors (Lipinski definition) is 5. The maximum atomic E-state index is 11.4. The van der Waals surface area contributed by atoms with Gasteiger partial charge >= 0.3 is 5.97 Å². The minimum Gasteiger partial charge on any atom is -0.481 e. The summed E-state index contributed by atoms with van der Waals surface area (Å²) in [7, 11) is 1.59. The van der Waals surface area contributed by atoms with Crippen molar-refractivity contribution in [2.75, 3.05) is 26.9 Å². The number of hydrogen-bond donors (Lipinski definition) is 1. The number of carboxylic acid groups (broad SMARTS) is 1. The molecule has 1 aromatic rings. The first-order chi connectivity index (χ1) is 10.2. The number of aliphatic carboxylic acids is 1. The van der Waals surface area contributed by atoms with Crippen molar-refractivity contribution in [2.24, 2.45) is 5.92 Å². The van der Waals surface area contributed by atoms with Crippen LogP contribution in [0.1, 0.15) is 18.9 Å². The molecule has 6 heteroatoms. The van der Waals surface area contributed by atoms with Gasteiger partial charge in [0.2, 0.25) is 5.88 Å². The first-order valence-electron chi connectivity index (χ1n) is 7.19. The highest BCUT2D eigenvalue weighted by Gasteiger charge is 2.37. The van der Waals surface area contributed by atoms with Crippen molar-refractivity contribution in [1.29, 1.82) is 0 Å². The molecule has 0 radical (unpaired) electrons. The molecule has 21 heavy (non-hydrogen) atoms. The number of nitrogens with zero attached hydrogens (tertiary/aromatic N) is 2. The second kappa shape index (κ2) is 7.38. The topological polar surface area (TPSA) is 71.9 Å². The molecule has 0 aromatic carbocycles. The van der Waals surface area contributed by atoms with E-state index < -0.39 is 11.9 Å². The van der Waals surface area contributed by atoms with E-state index in [0.717, 1.165) is 18.5 Å². The molecule has 1 aliphatic heterocycles. The quantitative estimate of drug-likeness (QED) is 0.819. The van der Waals surface area contributed by atoms with Crippen LogP contribution in [0, 0.1) is 5.92 Å². The van der Waals surface area contributed by atoms with Gasteiger partial charge in [-0.15, -0.1) is 0 Å². The Morgan fingerprint density at radius 1 is 1.57 bits per heavy atom. The first kappa shape index (κ1) is 15.7. The van der Waals surface area contributed by atoms with Crippen molar-refractivity contribution in [3.8, 4) is 5.88 Å². The molecule has 0 aliphatic carbocycles. The molecule has 2 heterocycles. The highest BCUT2D eigenvalue weighted by molar-refractivity contribution is 5.71. The van der Waals surface area contributed by atoms with Crippen molar-refractivity contribution in [1.82, 2.24) is 9.88 Å². The number of methoxy groups -OCH3 is 1. The highest BCUT2D eigenvalue weighted by atomic mass is 16.5. The van der Waals surface area contributed by atoms with Gasteiger partial charge in [0.1, 0.15) is 0 Å². The van der Waals surface area contributed by atoms with Crippen LogP contribution in [0.15, 0.2) is 18.3 Å². The summed E-state index contributed by atoms with van der Waals surface area (Å²) in [6.45, 7) is 4.25. The molecule has 1 fully saturated rings. The second-order valence-electron chi connectivity index (χ2n) is 5.19. The van der Waals surface area contributed by atoms with Crippen LogP contribution in [0.3, 0.4) is 0 Å². The number of carboxylic acids is 1. The number of aromatic nitrogens is 1. The zero-order valence-electron chi connectivity index (χ0n) is 12.5. The molecule has 116 valence electrons. The van der Waals surface area contributed by atoms with Crippen molar-refractivity contribution >= 4 is 5.97 Å². The van der Waals surface area contributed by atoms with E-state index in [1.807, 2.05) is 12.1 Å². The van der Waals surface area contributed by atoms with Crippen LogP contribution < -0.4 is 4.74 Å². The predicted octanol–water partition coefficient (Wildman–Crippen LogP) is 1.40. The zero-order valence-corrected chi connectivity index (χ0v) is 12.5. The Morgan fingerprint density at radius 3 is 3.05 bits per heavy atom. The molecule has 0 spiro atoms. The molecule has 6 nitrogen and oxygen atoms in total. The van der Waals surface area contributed by atoms with Crippen LogP contribution in [-0.4, -0.2) is 53.9 Å². The molecule has 1 saturated heterocycles. The Hall–Kier alpha value is -1.66. The van der Waals surface area contributed by atoms with Crippen LogP contribution in [0.25, 0.3) is 0 Å². The van der Waals surface area contributed by atoms with Gasteiger partial charge in [0.25, 0.3) is 0 Å². The summed E-state index contributed by atoms with van der Waals surface area (Å²) >= 11 is 0. The fourth-order valence-electron chi connectivity index (χ4n) is 2.74. The second-order valence-corrected chi connectivity index (χ2v) is 5.19. The molecular formula is C15H22N2O4. The summed E-state index contributed by atoms with van der Waals surface area (Å²) in [6, 6.07) is 3.72. The zero-order chi connectivity index (χ0) is 15.2. The molecule has 1 aliphatic rings. The van der Waals surface area contributed by atoms with E-state index in [4.69, 9.17) is 9.47 Å². The molecule has 0 bridgehead atoms. The predicted molar refractivity (Wildman–Crippen MR) is 77.2 cm³/mol. The fourth-order valence-corrected chi connectivity index (χ4v) is 2.74. The van der Waals surface area contributed by atoms with Crippen molar-refractivity contribution in [3.63, 3.8) is 0 Å². The summed E-state index contributed by atoms with van der Waals surface area (Å²) in [5.41, 5.74) is 0.962. The van der Waals surface area contributed by atoms with E-state index in [-0.39, 0.29) is 12.6 Å². The van der Waals surface area contributed by atoms with E-state index in [1.165, 1.54) is 0 Å². The normalized spacial score (nSPS) is 21.7. The van der Waals surface area contributed by atoms with Gasteiger partial charge in [-0.2, -0.15) is 0 Å². The van der Waals surface area contributed by atoms with Crippen molar-refractivity contribution in [2.45, 2.75) is 25.9 Å². The Morgan fingerprint density at radius 2 is 2.38 bits per heavy atom. The maximum absolute atomic E-state index is 11.4. The maximum Gasteiger partial charge on any atom is 0.310 e. The lowest BCUT2D eigenvalue weighted by Gasteiger charge is -2.30. The molecule has 2 rings (SSSR count). The third-order valence-electron chi connectivity index (χ3n) is 3.76. The molecule has 0 saturated carbocycles. The lowest BCUT2D eigenvalue weighted by molar-refractivity contribution is -0.143. The summed E-state index contributed by atoms with van der Waals surface area (Å²) < 4.78 is 10.7. The summed E-state index contributed by atoms with van der Waals surface area (Å²) in [4.78, 5) is 17.7. The number of ether oxygens (including phenoxy) is 2. The lowest BCUT2D eigenvalue weighted by atomic mass is 10.0. The van der Waals surface area contributed by atoms with Gasteiger partial charge in [0, 0.05) is 24.3 Å². The standard InChI is InChI=1S/C15H22N2O4/c1-3-7-17(13-10-21-9-12(13)15(18)19)8-11-5-4-6-16-14(11)20-2/h4-6,12-13H,3,7-10H2,1-2H3,(H,18,19). The van der Waals surface area contributed by atoms with Gasteiger partial charge in [-0.25, -0.2) is 4.98 Å². The lowest BCUT2D eigenvalue weighted by Crippen LogP contribution is -2.43. The Balaban J connectivity index is 2.17. The minimum absolute atomic E-state index is 0.104. The third-order valence-corrected chi connectivity index (χ3v) is 3.76. The molecular weight excluding hydrogens is 272 g/mol. The van der Waals surface area contributed by atoms with Gasteiger partial charge in [-0.3, -0.25) is 9.69 Å². The Labute approximate surface area is 124 Å². The highest BCUT2D eigenvalue weighted by Crippen LogP contribution is 2.24. The molecule has 1 N–H and O–H groups in total. The van der Waals surface area contributed by atoms with Crippen molar-refractivity contribution in [3.05, 3.63) is 23.9 Å². The van der Waals surface area contributed by atoms with Crippen LogP contribution in [0.4, 0.5) is 0 Å². The monoisotopic (exact) mass is 294 g/mol. The fraction of sp³-hybridized carbons (Fsp3) is 0.600. The largest absolute Gasteiger partial charge is 0.481 e. The van der Waals surface area contributed by atoms with E-state index in [9.17, 15) is 9.90 Å². The van der Waals surface area contributed by atoms with Gasteiger partial charge in [0.15, 0.2) is 0 Å². The number of pyridine rings is 1. The van der Waals surface area contributed by atoms with Crippen molar-refractivity contribution < 1.29 is 19.4 Å². The van der Waals surface area contributed by atoms with Crippen LogP contribution in [-0.2, 0) is 16.1 Å².